The first-order chi connectivity index (χ1) is 18.4. The van der Waals surface area contributed by atoms with Crippen LogP contribution in [0.3, 0.4) is 0 Å². The number of allylic oxidation sites excluding steroid dienone is 2. The molecule has 2 aromatic carbocycles. The highest BCUT2D eigenvalue weighted by Crippen LogP contribution is 2.29. The van der Waals surface area contributed by atoms with Crippen molar-refractivity contribution >= 4 is 23.8 Å². The third kappa shape index (κ3) is 8.09. The van der Waals surface area contributed by atoms with Gasteiger partial charge < -0.3 is 5.73 Å². The molecular formula is C33H44N6. The van der Waals surface area contributed by atoms with Crippen LogP contribution in [-0.4, -0.2) is 41.0 Å². The van der Waals surface area contributed by atoms with Crippen molar-refractivity contribution in [1.29, 1.82) is 0 Å². The van der Waals surface area contributed by atoms with Crippen LogP contribution in [-0.2, 0) is 5.41 Å². The molecule has 0 saturated carbocycles. The van der Waals surface area contributed by atoms with Gasteiger partial charge in [0.25, 0.3) is 0 Å². The quantitative estimate of drug-likeness (QED) is 0.234. The summed E-state index contributed by atoms with van der Waals surface area (Å²) in [7, 11) is 0. The summed E-state index contributed by atoms with van der Waals surface area (Å²) in [6.45, 7) is 18.4. The van der Waals surface area contributed by atoms with Crippen molar-refractivity contribution in [3.05, 3.63) is 88.9 Å². The molecule has 0 fully saturated rings. The average Bonchev–Trinajstić information content (AvgIpc) is 3.21. The van der Waals surface area contributed by atoms with E-state index in [4.69, 9.17) is 25.8 Å². The molecule has 1 aromatic heterocycles. The molecule has 0 saturated heterocycles. The van der Waals surface area contributed by atoms with Crippen molar-refractivity contribution < 1.29 is 0 Å². The number of aryl methyl sites for hydroxylation is 1. The molecule has 0 radical (unpaired) electrons. The van der Waals surface area contributed by atoms with Crippen LogP contribution in [0.15, 0.2) is 86.9 Å². The maximum atomic E-state index is 6.30. The lowest BCUT2D eigenvalue weighted by Crippen LogP contribution is -2.25. The highest BCUT2D eigenvalue weighted by atomic mass is 15.3. The molecule has 206 valence electrons. The molecule has 0 unspecified atom stereocenters. The first kappa shape index (κ1) is 29.8. The van der Waals surface area contributed by atoms with E-state index in [0.29, 0.717) is 18.8 Å². The van der Waals surface area contributed by atoms with E-state index in [1.54, 1.807) is 0 Å². The van der Waals surface area contributed by atoms with Gasteiger partial charge in [0.2, 0.25) is 0 Å². The van der Waals surface area contributed by atoms with Crippen molar-refractivity contribution in [2.75, 3.05) is 13.1 Å². The molecule has 3 rings (SSSR count). The molecule has 0 atom stereocenters. The molecule has 0 amide bonds. The molecule has 1 heterocycles. The largest absolute Gasteiger partial charge is 0.402 e. The Morgan fingerprint density at radius 1 is 0.897 bits per heavy atom. The molecule has 6 nitrogen and oxygen atoms in total. The minimum Gasteiger partial charge on any atom is -0.402 e. The molecule has 6 heteroatoms. The van der Waals surface area contributed by atoms with Gasteiger partial charge in [-0.1, -0.05) is 77.9 Å². The lowest BCUT2D eigenvalue weighted by Gasteiger charge is -2.23. The first-order valence-corrected chi connectivity index (χ1v) is 13.7. The van der Waals surface area contributed by atoms with Gasteiger partial charge in [0.05, 0.1) is 28.5 Å². The number of aromatic nitrogens is 2. The van der Waals surface area contributed by atoms with Crippen LogP contribution in [0.2, 0.25) is 0 Å². The first-order valence-electron chi connectivity index (χ1n) is 13.7. The third-order valence-corrected chi connectivity index (χ3v) is 6.22. The molecule has 39 heavy (non-hydrogen) atoms. The molecule has 0 aliphatic rings. The number of rotatable bonds is 9. The second-order valence-electron chi connectivity index (χ2n) is 11.9. The van der Waals surface area contributed by atoms with Crippen LogP contribution in [0.1, 0.15) is 71.8 Å². The van der Waals surface area contributed by atoms with E-state index in [9.17, 15) is 0 Å². The molecule has 2 N–H and O–H groups in total. The minimum absolute atomic E-state index is 0.0857. The number of nitrogens with zero attached hydrogens (tertiary/aromatic N) is 5. The Morgan fingerprint density at radius 3 is 2.05 bits per heavy atom. The van der Waals surface area contributed by atoms with Crippen molar-refractivity contribution in [2.45, 2.75) is 67.2 Å². The maximum absolute atomic E-state index is 6.30. The summed E-state index contributed by atoms with van der Waals surface area (Å²) in [5, 5.41) is 4.85. The van der Waals surface area contributed by atoms with Gasteiger partial charge in [-0.25, -0.2) is 4.68 Å². The fourth-order valence-corrected chi connectivity index (χ4v) is 4.35. The lowest BCUT2D eigenvalue weighted by atomic mass is 9.84. The Labute approximate surface area is 234 Å². The molecule has 0 aliphatic carbocycles. The molecule has 3 aromatic rings. The second kappa shape index (κ2) is 12.8. The van der Waals surface area contributed by atoms with Crippen molar-refractivity contribution in [3.8, 4) is 5.69 Å². The van der Waals surface area contributed by atoms with E-state index in [1.165, 1.54) is 0 Å². The summed E-state index contributed by atoms with van der Waals surface area (Å²) in [5.74, 6) is 0. The van der Waals surface area contributed by atoms with Gasteiger partial charge in [0.15, 0.2) is 0 Å². The fraction of sp³-hybridized carbons (Fsp3) is 0.394. The molecular weight excluding hydrogens is 480 g/mol. The summed E-state index contributed by atoms with van der Waals surface area (Å²) < 4.78 is 2.05. The Balaban J connectivity index is 1.71. The number of aliphatic imine (C=N–C) groups is 3. The molecule has 0 bridgehead atoms. The SMILES string of the molecule is C/C(N)=C(\C=NCCCN=Cc1c(C)nn(-c2ccccc2)c1C(C)(C)C)C(=Nc1ccccc1)C(C)(C)C. The highest BCUT2D eigenvalue weighted by molar-refractivity contribution is 6.19. The summed E-state index contributed by atoms with van der Waals surface area (Å²) >= 11 is 0. The zero-order valence-corrected chi connectivity index (χ0v) is 24.9. The highest BCUT2D eigenvalue weighted by Gasteiger charge is 2.26. The predicted molar refractivity (Wildman–Crippen MR) is 167 cm³/mol. The zero-order chi connectivity index (χ0) is 28.6. The maximum Gasteiger partial charge on any atom is 0.0689 e. The fourth-order valence-electron chi connectivity index (χ4n) is 4.35. The van der Waals surface area contributed by atoms with Crippen molar-refractivity contribution in [3.63, 3.8) is 0 Å². The van der Waals surface area contributed by atoms with E-state index >= 15 is 0 Å². The topological polar surface area (TPSA) is 80.9 Å². The van der Waals surface area contributed by atoms with E-state index in [-0.39, 0.29) is 10.8 Å². The Hall–Kier alpha value is -3.80. The van der Waals surface area contributed by atoms with Gasteiger partial charge >= 0.3 is 0 Å². The van der Waals surface area contributed by atoms with E-state index < -0.39 is 0 Å². The minimum atomic E-state index is -0.186. The smallest absolute Gasteiger partial charge is 0.0689 e. The van der Waals surface area contributed by atoms with Crippen LogP contribution >= 0.6 is 0 Å². The summed E-state index contributed by atoms with van der Waals surface area (Å²) in [6, 6.07) is 20.2. The Kier molecular flexibility index (Phi) is 9.79. The number of hydrogen-bond acceptors (Lipinski definition) is 5. The van der Waals surface area contributed by atoms with Gasteiger partial charge in [-0.3, -0.25) is 15.0 Å². The Morgan fingerprint density at radius 2 is 1.49 bits per heavy atom. The summed E-state index contributed by atoms with van der Waals surface area (Å²) in [4.78, 5) is 14.4. The van der Waals surface area contributed by atoms with Crippen LogP contribution < -0.4 is 5.73 Å². The van der Waals surface area contributed by atoms with Crippen LogP contribution in [0.5, 0.6) is 0 Å². The van der Waals surface area contributed by atoms with Gasteiger partial charge in [0.1, 0.15) is 0 Å². The number of hydrogen-bond donors (Lipinski definition) is 1. The number of nitrogens with two attached hydrogens (primary N) is 1. The second-order valence-corrected chi connectivity index (χ2v) is 11.9. The monoisotopic (exact) mass is 524 g/mol. The normalized spacial score (nSPS) is 13.9. The van der Waals surface area contributed by atoms with Crippen LogP contribution in [0, 0.1) is 12.3 Å². The van der Waals surface area contributed by atoms with Gasteiger partial charge in [0, 0.05) is 53.2 Å². The van der Waals surface area contributed by atoms with E-state index in [1.807, 2.05) is 79.5 Å². The average molecular weight is 525 g/mol. The van der Waals surface area contributed by atoms with Gasteiger partial charge in [-0.2, -0.15) is 5.10 Å². The molecule has 0 aliphatic heterocycles. The van der Waals surface area contributed by atoms with Gasteiger partial charge in [-0.15, -0.1) is 0 Å². The van der Waals surface area contributed by atoms with Crippen molar-refractivity contribution in [1.82, 2.24) is 9.78 Å². The van der Waals surface area contributed by atoms with Crippen molar-refractivity contribution in [2.24, 2.45) is 26.1 Å². The van der Waals surface area contributed by atoms with Crippen LogP contribution in [0.4, 0.5) is 5.69 Å². The number of para-hydroxylation sites is 2. The zero-order valence-electron chi connectivity index (χ0n) is 24.9. The summed E-state index contributed by atoms with van der Waals surface area (Å²) in [6.07, 6.45) is 4.69. The standard InChI is InChI=1S/C33H44N6/c1-24(34)28(30(32(3,4)5)37-26-16-11-9-12-17-26)22-35-20-15-21-36-23-29-25(2)38-39(31(29)33(6,7)8)27-18-13-10-14-19-27/h9-14,16-19,22-23H,15,20-21,34H2,1-8H3/b28-24-,35-22?,36-23?,37-30?. The third-order valence-electron chi connectivity index (χ3n) is 6.22. The van der Waals surface area contributed by atoms with Gasteiger partial charge in [-0.05, 0) is 44.5 Å². The lowest BCUT2D eigenvalue weighted by molar-refractivity contribution is 0.543. The summed E-state index contributed by atoms with van der Waals surface area (Å²) in [5.41, 5.74) is 13.7. The van der Waals surface area contributed by atoms with E-state index in [0.717, 1.165) is 46.0 Å². The molecule has 0 spiro atoms. The van der Waals surface area contributed by atoms with E-state index in [2.05, 4.69) is 53.7 Å². The number of benzene rings is 2. The Bertz CT molecular complexity index is 1340. The predicted octanol–water partition coefficient (Wildman–Crippen LogP) is 7.41. The van der Waals surface area contributed by atoms with Crippen LogP contribution in [0.25, 0.3) is 5.69 Å².